The van der Waals surface area contributed by atoms with Gasteiger partial charge in [-0.2, -0.15) is 10.4 Å². The van der Waals surface area contributed by atoms with Gasteiger partial charge in [0.2, 0.25) is 0 Å². The van der Waals surface area contributed by atoms with Crippen molar-refractivity contribution in [3.8, 4) is 6.07 Å². The number of hydrogen-bond acceptors (Lipinski definition) is 5. The second-order valence-electron chi connectivity index (χ2n) is 5.94. The molecule has 0 aromatic carbocycles. The topological polar surface area (TPSA) is 64.8 Å². The molecule has 0 bridgehead atoms. The van der Waals surface area contributed by atoms with Crippen LogP contribution < -0.4 is 10.2 Å². The molecule has 1 aliphatic rings. The molecule has 2 heterocycles. The molecule has 0 unspecified atom stereocenters. The van der Waals surface area contributed by atoms with Crippen molar-refractivity contribution >= 4 is 5.82 Å². The molecule has 1 aromatic heterocycles. The van der Waals surface area contributed by atoms with Crippen molar-refractivity contribution in [2.45, 2.75) is 52.0 Å². The van der Waals surface area contributed by atoms with Gasteiger partial charge < -0.3 is 10.2 Å². The summed E-state index contributed by atoms with van der Waals surface area (Å²) in [5.74, 6) is 0.768. The van der Waals surface area contributed by atoms with Crippen LogP contribution in [0.25, 0.3) is 0 Å². The molecule has 0 amide bonds. The van der Waals surface area contributed by atoms with E-state index in [2.05, 4.69) is 47.3 Å². The zero-order valence-corrected chi connectivity index (χ0v) is 13.5. The van der Waals surface area contributed by atoms with Gasteiger partial charge in [-0.25, -0.2) is 0 Å². The smallest absolute Gasteiger partial charge is 0.169 e. The summed E-state index contributed by atoms with van der Waals surface area (Å²) in [6.07, 6.45) is 3.75. The van der Waals surface area contributed by atoms with Crippen LogP contribution >= 0.6 is 0 Å². The number of anilines is 1. The molecule has 1 N–H and O–H groups in total. The van der Waals surface area contributed by atoms with Crippen LogP contribution in [0.1, 0.15) is 50.4 Å². The summed E-state index contributed by atoms with van der Waals surface area (Å²) >= 11 is 0. The predicted molar refractivity (Wildman–Crippen MR) is 84.4 cm³/mol. The number of aryl methyl sites for hydroxylation is 1. The Morgan fingerprint density at radius 1 is 1.24 bits per heavy atom. The normalized spacial score (nSPS) is 17.6. The lowest BCUT2D eigenvalue weighted by Crippen LogP contribution is -2.50. The van der Waals surface area contributed by atoms with Gasteiger partial charge in [-0.1, -0.05) is 13.8 Å². The molecule has 21 heavy (non-hydrogen) atoms. The van der Waals surface area contributed by atoms with Crippen LogP contribution in [0.4, 0.5) is 5.82 Å². The number of piperidine rings is 1. The minimum Gasteiger partial charge on any atom is -0.354 e. The standard InChI is InChI=1S/C16H25N5/c1-5-12-13(11-17)15(20-19-14(12)6-2)21-9-7-16(3,18-4)8-10-21/h18H,5-10H2,1-4H3. The van der Waals surface area contributed by atoms with Gasteiger partial charge in [0.05, 0.1) is 5.69 Å². The molecule has 0 aliphatic carbocycles. The first-order chi connectivity index (χ1) is 10.1. The molecule has 1 aliphatic heterocycles. The second kappa shape index (κ2) is 6.40. The van der Waals surface area contributed by atoms with Crippen molar-refractivity contribution in [1.29, 1.82) is 5.26 Å². The second-order valence-corrected chi connectivity index (χ2v) is 5.94. The quantitative estimate of drug-likeness (QED) is 0.918. The Bertz CT molecular complexity index is 538. The maximum Gasteiger partial charge on any atom is 0.169 e. The molecule has 0 spiro atoms. The minimum atomic E-state index is 0.188. The third-order valence-corrected chi connectivity index (χ3v) is 4.71. The van der Waals surface area contributed by atoms with Gasteiger partial charge in [0.1, 0.15) is 11.6 Å². The fourth-order valence-corrected chi connectivity index (χ4v) is 2.96. The molecule has 0 saturated carbocycles. The third-order valence-electron chi connectivity index (χ3n) is 4.71. The molecule has 0 atom stereocenters. The van der Waals surface area contributed by atoms with Gasteiger partial charge >= 0.3 is 0 Å². The molecule has 114 valence electrons. The molecule has 1 aromatic rings. The lowest BCUT2D eigenvalue weighted by atomic mass is 9.89. The van der Waals surface area contributed by atoms with Crippen LogP contribution in [0.2, 0.25) is 0 Å². The van der Waals surface area contributed by atoms with Crippen LogP contribution in [-0.4, -0.2) is 35.9 Å². The summed E-state index contributed by atoms with van der Waals surface area (Å²) in [4.78, 5) is 2.21. The van der Waals surface area contributed by atoms with Gasteiger partial charge in [-0.3, -0.25) is 0 Å². The lowest BCUT2D eigenvalue weighted by Gasteiger charge is -2.40. The van der Waals surface area contributed by atoms with Gasteiger partial charge in [-0.15, -0.1) is 5.10 Å². The molecular formula is C16H25N5. The summed E-state index contributed by atoms with van der Waals surface area (Å²) in [6, 6.07) is 2.36. The Balaban J connectivity index is 2.31. The number of nitrogens with zero attached hydrogens (tertiary/aromatic N) is 4. The summed E-state index contributed by atoms with van der Waals surface area (Å²) in [6.45, 7) is 8.21. The van der Waals surface area contributed by atoms with Crippen molar-refractivity contribution < 1.29 is 0 Å². The van der Waals surface area contributed by atoms with E-state index >= 15 is 0 Å². The van der Waals surface area contributed by atoms with E-state index in [0.29, 0.717) is 0 Å². The largest absolute Gasteiger partial charge is 0.354 e. The van der Waals surface area contributed by atoms with E-state index in [1.165, 1.54) is 0 Å². The predicted octanol–water partition coefficient (Wildman–Crippen LogP) is 2.05. The highest BCUT2D eigenvalue weighted by Gasteiger charge is 2.30. The van der Waals surface area contributed by atoms with Crippen LogP contribution in [-0.2, 0) is 12.8 Å². The molecule has 2 rings (SSSR count). The Morgan fingerprint density at radius 3 is 2.38 bits per heavy atom. The number of rotatable bonds is 4. The van der Waals surface area contributed by atoms with E-state index in [9.17, 15) is 5.26 Å². The van der Waals surface area contributed by atoms with Gasteiger partial charge in [-0.05, 0) is 45.2 Å². The van der Waals surface area contributed by atoms with Crippen LogP contribution in [0.15, 0.2) is 0 Å². The van der Waals surface area contributed by atoms with Crippen molar-refractivity contribution in [2.24, 2.45) is 0 Å². The van der Waals surface area contributed by atoms with Gasteiger partial charge in [0.15, 0.2) is 5.82 Å². The summed E-state index contributed by atoms with van der Waals surface area (Å²) in [7, 11) is 2.02. The van der Waals surface area contributed by atoms with E-state index in [1.807, 2.05) is 7.05 Å². The van der Waals surface area contributed by atoms with E-state index < -0.39 is 0 Å². The Kier molecular flexibility index (Phi) is 4.79. The SMILES string of the molecule is CCc1nnc(N2CCC(C)(NC)CC2)c(C#N)c1CC. The molecule has 5 nitrogen and oxygen atoms in total. The average molecular weight is 287 g/mol. The first-order valence-electron chi connectivity index (χ1n) is 7.81. The third kappa shape index (κ3) is 3.01. The maximum absolute atomic E-state index is 9.57. The van der Waals surface area contributed by atoms with Crippen LogP contribution in [0, 0.1) is 11.3 Å². The summed E-state index contributed by atoms with van der Waals surface area (Å²) in [5.41, 5.74) is 2.92. The van der Waals surface area contributed by atoms with Crippen molar-refractivity contribution in [1.82, 2.24) is 15.5 Å². The number of aromatic nitrogens is 2. The van der Waals surface area contributed by atoms with Crippen LogP contribution in [0.5, 0.6) is 0 Å². The van der Waals surface area contributed by atoms with Gasteiger partial charge in [0.25, 0.3) is 0 Å². The van der Waals surface area contributed by atoms with Crippen molar-refractivity contribution in [2.75, 3.05) is 25.0 Å². The first kappa shape index (κ1) is 15.7. The average Bonchev–Trinajstić information content (AvgIpc) is 2.54. The van der Waals surface area contributed by atoms with Gasteiger partial charge in [0, 0.05) is 18.6 Å². The van der Waals surface area contributed by atoms with Crippen molar-refractivity contribution in [3.63, 3.8) is 0 Å². The Labute approximate surface area is 127 Å². The van der Waals surface area contributed by atoms with Crippen molar-refractivity contribution in [3.05, 3.63) is 16.8 Å². The zero-order valence-electron chi connectivity index (χ0n) is 13.5. The summed E-state index contributed by atoms with van der Waals surface area (Å²) < 4.78 is 0. The fraction of sp³-hybridized carbons (Fsp3) is 0.688. The Morgan fingerprint density at radius 2 is 1.90 bits per heavy atom. The van der Waals surface area contributed by atoms with Crippen LogP contribution in [0.3, 0.4) is 0 Å². The number of nitrogens with one attached hydrogen (secondary N) is 1. The molecule has 0 radical (unpaired) electrons. The highest BCUT2D eigenvalue weighted by Crippen LogP contribution is 2.28. The highest BCUT2D eigenvalue weighted by atomic mass is 15.3. The molecule has 5 heteroatoms. The first-order valence-corrected chi connectivity index (χ1v) is 7.81. The Hall–Kier alpha value is -1.67. The zero-order chi connectivity index (χ0) is 15.5. The van der Waals surface area contributed by atoms with E-state index in [1.54, 1.807) is 0 Å². The molecular weight excluding hydrogens is 262 g/mol. The monoisotopic (exact) mass is 287 g/mol. The fourth-order valence-electron chi connectivity index (χ4n) is 2.96. The van der Waals surface area contributed by atoms with E-state index in [-0.39, 0.29) is 5.54 Å². The number of hydrogen-bond donors (Lipinski definition) is 1. The number of nitriles is 1. The van der Waals surface area contributed by atoms with E-state index in [0.717, 1.165) is 61.4 Å². The highest BCUT2D eigenvalue weighted by molar-refractivity contribution is 5.58. The molecule has 1 saturated heterocycles. The minimum absolute atomic E-state index is 0.188. The summed E-state index contributed by atoms with van der Waals surface area (Å²) in [5, 5.41) is 21.7. The lowest BCUT2D eigenvalue weighted by molar-refractivity contribution is 0.304. The maximum atomic E-state index is 9.57. The van der Waals surface area contributed by atoms with E-state index in [4.69, 9.17) is 0 Å². The molecule has 1 fully saturated rings.